The fraction of sp³-hybridized carbons (Fsp3) is 0.417. The Balaban J connectivity index is 2.30. The SMILES string of the molecule is CC(C)C1NCc2ccc(F)cc2NC1=O. The standard InChI is InChI=1S/C12H15FN2O/c1-7(2)11-12(16)15-10-5-9(13)4-3-8(10)6-14-11/h3-5,7,11,14H,6H2,1-2H3,(H,15,16). The van der Waals surface area contributed by atoms with Gasteiger partial charge in [-0.1, -0.05) is 19.9 Å². The van der Waals surface area contributed by atoms with Gasteiger partial charge in [-0.15, -0.1) is 0 Å². The summed E-state index contributed by atoms with van der Waals surface area (Å²) in [4.78, 5) is 11.8. The molecule has 0 aromatic heterocycles. The number of hydrogen-bond acceptors (Lipinski definition) is 2. The lowest BCUT2D eigenvalue weighted by atomic mass is 10.0. The number of amides is 1. The summed E-state index contributed by atoms with van der Waals surface area (Å²) in [6.45, 7) is 4.54. The third-order valence-electron chi connectivity index (χ3n) is 2.79. The van der Waals surface area contributed by atoms with Gasteiger partial charge in [-0.25, -0.2) is 4.39 Å². The largest absolute Gasteiger partial charge is 0.324 e. The molecule has 1 atom stereocenters. The molecule has 1 aromatic carbocycles. The summed E-state index contributed by atoms with van der Waals surface area (Å²) >= 11 is 0. The fourth-order valence-electron chi connectivity index (χ4n) is 1.88. The van der Waals surface area contributed by atoms with Gasteiger partial charge in [-0.3, -0.25) is 4.79 Å². The summed E-state index contributed by atoms with van der Waals surface area (Å²) in [5.41, 5.74) is 1.48. The van der Waals surface area contributed by atoms with E-state index in [0.29, 0.717) is 12.2 Å². The molecule has 4 heteroatoms. The van der Waals surface area contributed by atoms with E-state index in [1.165, 1.54) is 12.1 Å². The molecule has 0 fully saturated rings. The normalized spacial score (nSPS) is 20.2. The van der Waals surface area contributed by atoms with Crippen molar-refractivity contribution >= 4 is 11.6 Å². The van der Waals surface area contributed by atoms with Crippen molar-refractivity contribution in [2.75, 3.05) is 5.32 Å². The van der Waals surface area contributed by atoms with E-state index in [4.69, 9.17) is 0 Å². The van der Waals surface area contributed by atoms with Gasteiger partial charge in [0.2, 0.25) is 5.91 Å². The third kappa shape index (κ3) is 2.07. The lowest BCUT2D eigenvalue weighted by Gasteiger charge is -2.17. The maximum atomic E-state index is 13.0. The fourth-order valence-corrected chi connectivity index (χ4v) is 1.88. The second-order valence-electron chi connectivity index (χ2n) is 4.39. The van der Waals surface area contributed by atoms with Gasteiger partial charge in [0.1, 0.15) is 5.82 Å². The van der Waals surface area contributed by atoms with Crippen molar-refractivity contribution in [3.63, 3.8) is 0 Å². The molecule has 16 heavy (non-hydrogen) atoms. The van der Waals surface area contributed by atoms with Crippen molar-refractivity contribution in [2.45, 2.75) is 26.4 Å². The Morgan fingerprint density at radius 3 is 2.88 bits per heavy atom. The second kappa shape index (κ2) is 4.22. The molecule has 2 rings (SSSR count). The van der Waals surface area contributed by atoms with Crippen LogP contribution in [0.3, 0.4) is 0 Å². The van der Waals surface area contributed by atoms with Crippen LogP contribution in [0.25, 0.3) is 0 Å². The van der Waals surface area contributed by atoms with Crippen LogP contribution in [0, 0.1) is 11.7 Å². The number of carbonyl (C=O) groups excluding carboxylic acids is 1. The van der Waals surface area contributed by atoms with E-state index in [1.54, 1.807) is 6.07 Å². The highest BCUT2D eigenvalue weighted by Crippen LogP contribution is 2.21. The van der Waals surface area contributed by atoms with Crippen LogP contribution >= 0.6 is 0 Å². The maximum absolute atomic E-state index is 13.0. The van der Waals surface area contributed by atoms with Gasteiger partial charge in [-0.2, -0.15) is 0 Å². The van der Waals surface area contributed by atoms with Gasteiger partial charge < -0.3 is 10.6 Å². The van der Waals surface area contributed by atoms with Gasteiger partial charge in [0.05, 0.1) is 6.04 Å². The summed E-state index contributed by atoms with van der Waals surface area (Å²) in [6.07, 6.45) is 0. The van der Waals surface area contributed by atoms with Gasteiger partial charge in [0, 0.05) is 12.2 Å². The first-order chi connectivity index (χ1) is 7.58. The molecule has 1 aliphatic rings. The Kier molecular flexibility index (Phi) is 2.92. The number of benzene rings is 1. The third-order valence-corrected chi connectivity index (χ3v) is 2.79. The van der Waals surface area contributed by atoms with Gasteiger partial charge in [-0.05, 0) is 23.6 Å². The van der Waals surface area contributed by atoms with Crippen molar-refractivity contribution in [3.8, 4) is 0 Å². The van der Waals surface area contributed by atoms with Crippen LogP contribution in [0.2, 0.25) is 0 Å². The van der Waals surface area contributed by atoms with Crippen LogP contribution in [0.1, 0.15) is 19.4 Å². The number of nitrogens with one attached hydrogen (secondary N) is 2. The van der Waals surface area contributed by atoms with E-state index in [1.807, 2.05) is 13.8 Å². The molecule has 1 aromatic rings. The molecule has 86 valence electrons. The van der Waals surface area contributed by atoms with Crippen LogP contribution in [-0.2, 0) is 11.3 Å². The number of halogens is 1. The molecule has 1 unspecified atom stereocenters. The monoisotopic (exact) mass is 222 g/mol. The lowest BCUT2D eigenvalue weighted by Crippen LogP contribution is -2.41. The Hall–Kier alpha value is -1.42. The minimum Gasteiger partial charge on any atom is -0.324 e. The summed E-state index contributed by atoms with van der Waals surface area (Å²) in [6, 6.07) is 4.23. The molecule has 2 N–H and O–H groups in total. The quantitative estimate of drug-likeness (QED) is 0.762. The Morgan fingerprint density at radius 1 is 1.44 bits per heavy atom. The topological polar surface area (TPSA) is 41.1 Å². The first-order valence-electron chi connectivity index (χ1n) is 5.40. The van der Waals surface area contributed by atoms with E-state index >= 15 is 0 Å². The molecule has 0 saturated heterocycles. The number of carbonyl (C=O) groups is 1. The molecule has 0 radical (unpaired) electrons. The second-order valence-corrected chi connectivity index (χ2v) is 4.39. The van der Waals surface area contributed by atoms with Crippen LogP contribution < -0.4 is 10.6 Å². The molecule has 0 spiro atoms. The van der Waals surface area contributed by atoms with Crippen LogP contribution in [0.15, 0.2) is 18.2 Å². The molecular weight excluding hydrogens is 207 g/mol. The van der Waals surface area contributed by atoms with Crippen LogP contribution in [0.5, 0.6) is 0 Å². The number of anilines is 1. The molecule has 1 aliphatic heterocycles. The maximum Gasteiger partial charge on any atom is 0.241 e. The van der Waals surface area contributed by atoms with E-state index < -0.39 is 0 Å². The van der Waals surface area contributed by atoms with Gasteiger partial charge >= 0.3 is 0 Å². The van der Waals surface area contributed by atoms with Gasteiger partial charge in [0.15, 0.2) is 0 Å². The minimum atomic E-state index is -0.331. The summed E-state index contributed by atoms with van der Waals surface area (Å²) in [5, 5.41) is 5.93. The lowest BCUT2D eigenvalue weighted by molar-refractivity contribution is -0.119. The zero-order valence-corrected chi connectivity index (χ0v) is 9.38. The highest BCUT2D eigenvalue weighted by molar-refractivity contribution is 5.96. The van der Waals surface area contributed by atoms with E-state index in [2.05, 4.69) is 10.6 Å². The predicted molar refractivity (Wildman–Crippen MR) is 60.5 cm³/mol. The minimum absolute atomic E-state index is 0.0978. The Labute approximate surface area is 94.0 Å². The Morgan fingerprint density at radius 2 is 2.19 bits per heavy atom. The van der Waals surface area contributed by atoms with Gasteiger partial charge in [0.25, 0.3) is 0 Å². The smallest absolute Gasteiger partial charge is 0.241 e. The average molecular weight is 222 g/mol. The summed E-state index contributed by atoms with van der Waals surface area (Å²) in [5.74, 6) is -0.222. The first-order valence-corrected chi connectivity index (χ1v) is 5.40. The number of hydrogen-bond donors (Lipinski definition) is 2. The molecule has 0 saturated carbocycles. The Bertz CT molecular complexity index is 417. The predicted octanol–water partition coefficient (Wildman–Crippen LogP) is 1.89. The molecular formula is C12H15FN2O. The number of rotatable bonds is 1. The summed E-state index contributed by atoms with van der Waals surface area (Å²) < 4.78 is 13.0. The highest BCUT2D eigenvalue weighted by atomic mass is 19.1. The zero-order chi connectivity index (χ0) is 11.7. The zero-order valence-electron chi connectivity index (χ0n) is 9.38. The van der Waals surface area contributed by atoms with Crippen molar-refractivity contribution in [1.29, 1.82) is 0 Å². The molecule has 1 heterocycles. The molecule has 0 aliphatic carbocycles. The van der Waals surface area contributed by atoms with Crippen LogP contribution in [-0.4, -0.2) is 11.9 Å². The summed E-state index contributed by atoms with van der Waals surface area (Å²) in [7, 11) is 0. The highest BCUT2D eigenvalue weighted by Gasteiger charge is 2.25. The van der Waals surface area contributed by atoms with E-state index in [0.717, 1.165) is 5.56 Å². The van der Waals surface area contributed by atoms with Crippen molar-refractivity contribution in [1.82, 2.24) is 5.32 Å². The first kappa shape index (κ1) is 11.1. The molecule has 1 amide bonds. The van der Waals surface area contributed by atoms with Crippen molar-refractivity contribution < 1.29 is 9.18 Å². The average Bonchev–Trinajstić information content (AvgIpc) is 2.35. The number of fused-ring (bicyclic) bond motifs is 1. The molecule has 0 bridgehead atoms. The van der Waals surface area contributed by atoms with E-state index in [9.17, 15) is 9.18 Å². The van der Waals surface area contributed by atoms with E-state index in [-0.39, 0.29) is 23.7 Å². The van der Waals surface area contributed by atoms with Crippen molar-refractivity contribution in [3.05, 3.63) is 29.6 Å². The van der Waals surface area contributed by atoms with Crippen LogP contribution in [0.4, 0.5) is 10.1 Å². The molecule has 3 nitrogen and oxygen atoms in total. The van der Waals surface area contributed by atoms with Crippen molar-refractivity contribution in [2.24, 2.45) is 5.92 Å².